The highest BCUT2D eigenvalue weighted by molar-refractivity contribution is 5.88. The van der Waals surface area contributed by atoms with E-state index in [0.717, 1.165) is 37.1 Å². The number of fused-ring (bicyclic) bond motifs is 1. The third-order valence-electron chi connectivity index (χ3n) is 4.97. The van der Waals surface area contributed by atoms with Crippen molar-refractivity contribution < 1.29 is 5.11 Å². The van der Waals surface area contributed by atoms with Gasteiger partial charge in [0.1, 0.15) is 11.2 Å². The molecule has 3 aromatic rings. The molecule has 4 rings (SSSR count). The Bertz CT molecular complexity index is 996. The number of hydrogen-bond acceptors (Lipinski definition) is 7. The zero-order valence-corrected chi connectivity index (χ0v) is 15.2. The van der Waals surface area contributed by atoms with Gasteiger partial charge in [0.25, 0.3) is 5.56 Å². The highest BCUT2D eigenvalue weighted by Crippen LogP contribution is 2.25. The second-order valence-electron chi connectivity index (χ2n) is 7.04. The number of aromatic nitrogens is 5. The summed E-state index contributed by atoms with van der Waals surface area (Å²) in [4.78, 5) is 30.2. The van der Waals surface area contributed by atoms with Gasteiger partial charge in [0.2, 0.25) is 0 Å². The maximum atomic E-state index is 12.7. The van der Waals surface area contributed by atoms with Crippen molar-refractivity contribution in [1.29, 1.82) is 0 Å². The molecule has 0 aromatic carbocycles. The van der Waals surface area contributed by atoms with Gasteiger partial charge in [-0.25, -0.2) is 9.97 Å². The molecule has 0 unspecified atom stereocenters. The monoisotopic (exact) mass is 366 g/mol. The van der Waals surface area contributed by atoms with Gasteiger partial charge in [-0.2, -0.15) is 0 Å². The Kier molecular flexibility index (Phi) is 4.81. The normalized spacial score (nSPS) is 19.9. The Morgan fingerprint density at radius 2 is 2.00 bits per heavy atom. The minimum atomic E-state index is -0.231. The van der Waals surface area contributed by atoms with E-state index in [1.54, 1.807) is 25.6 Å². The van der Waals surface area contributed by atoms with Crippen molar-refractivity contribution in [2.75, 3.05) is 5.32 Å². The van der Waals surface area contributed by atoms with Crippen LogP contribution < -0.4 is 10.9 Å². The van der Waals surface area contributed by atoms with Crippen molar-refractivity contribution in [2.24, 2.45) is 7.05 Å². The van der Waals surface area contributed by atoms with Gasteiger partial charge in [0, 0.05) is 38.1 Å². The SMILES string of the molecule is Cn1cnc2cc(Cc3cnccn3)nc(NC3CCC(O)CC3)c2c1=O. The van der Waals surface area contributed by atoms with Crippen molar-refractivity contribution in [1.82, 2.24) is 24.5 Å². The molecular weight excluding hydrogens is 344 g/mol. The van der Waals surface area contributed by atoms with Gasteiger partial charge < -0.3 is 15.0 Å². The molecule has 0 amide bonds. The highest BCUT2D eigenvalue weighted by atomic mass is 16.3. The van der Waals surface area contributed by atoms with E-state index >= 15 is 0 Å². The summed E-state index contributed by atoms with van der Waals surface area (Å²) >= 11 is 0. The second-order valence-corrected chi connectivity index (χ2v) is 7.04. The van der Waals surface area contributed by atoms with Gasteiger partial charge in [0.05, 0.1) is 29.3 Å². The minimum absolute atomic E-state index is 0.128. The minimum Gasteiger partial charge on any atom is -0.393 e. The molecular formula is C19H22N6O2. The zero-order valence-electron chi connectivity index (χ0n) is 15.2. The number of pyridine rings is 1. The van der Waals surface area contributed by atoms with Crippen LogP contribution in [0.1, 0.15) is 37.1 Å². The molecule has 0 spiro atoms. The van der Waals surface area contributed by atoms with Crippen LogP contribution >= 0.6 is 0 Å². The number of hydrogen-bond donors (Lipinski definition) is 2. The van der Waals surface area contributed by atoms with E-state index in [1.807, 2.05) is 6.07 Å². The molecule has 0 bridgehead atoms. The van der Waals surface area contributed by atoms with Gasteiger partial charge in [0.15, 0.2) is 0 Å². The third-order valence-corrected chi connectivity index (χ3v) is 4.97. The first-order valence-corrected chi connectivity index (χ1v) is 9.15. The van der Waals surface area contributed by atoms with Crippen LogP contribution in [0.5, 0.6) is 0 Å². The van der Waals surface area contributed by atoms with E-state index in [2.05, 4.69) is 20.3 Å². The van der Waals surface area contributed by atoms with Gasteiger partial charge in [-0.3, -0.25) is 14.8 Å². The Hall–Kier alpha value is -2.87. The fourth-order valence-corrected chi connectivity index (χ4v) is 3.49. The molecule has 3 heterocycles. The molecule has 0 radical (unpaired) electrons. The lowest BCUT2D eigenvalue weighted by atomic mass is 9.93. The average Bonchev–Trinajstić information content (AvgIpc) is 2.67. The molecule has 0 saturated heterocycles. The van der Waals surface area contributed by atoms with Gasteiger partial charge in [-0.1, -0.05) is 0 Å². The van der Waals surface area contributed by atoms with Crippen LogP contribution in [0.2, 0.25) is 0 Å². The number of aryl methyl sites for hydroxylation is 1. The molecule has 0 aliphatic heterocycles. The fraction of sp³-hybridized carbons (Fsp3) is 0.421. The Morgan fingerprint density at radius 1 is 1.19 bits per heavy atom. The topological polar surface area (TPSA) is 106 Å². The standard InChI is InChI=1S/C19H22N6O2/c1-25-11-22-16-9-13(8-14-10-20-6-7-21-14)24-18(17(16)19(25)27)23-12-2-4-15(26)5-3-12/h6-7,9-12,15,26H,2-5,8H2,1H3,(H,23,24). The molecule has 0 atom stereocenters. The summed E-state index contributed by atoms with van der Waals surface area (Å²) in [5.74, 6) is 0.557. The van der Waals surface area contributed by atoms with Crippen LogP contribution in [-0.2, 0) is 13.5 Å². The van der Waals surface area contributed by atoms with Crippen molar-refractivity contribution in [3.05, 3.63) is 52.7 Å². The highest BCUT2D eigenvalue weighted by Gasteiger charge is 2.21. The number of aliphatic hydroxyl groups is 1. The predicted octanol–water partition coefficient (Wildman–Crippen LogP) is 1.42. The first kappa shape index (κ1) is 17.5. The summed E-state index contributed by atoms with van der Waals surface area (Å²) in [5, 5.41) is 13.7. The lowest BCUT2D eigenvalue weighted by Gasteiger charge is -2.27. The fourth-order valence-electron chi connectivity index (χ4n) is 3.49. The third kappa shape index (κ3) is 3.80. The molecule has 8 nitrogen and oxygen atoms in total. The van der Waals surface area contributed by atoms with E-state index in [4.69, 9.17) is 4.98 Å². The molecule has 3 aromatic heterocycles. The molecule has 1 fully saturated rings. The van der Waals surface area contributed by atoms with E-state index in [0.29, 0.717) is 23.1 Å². The second kappa shape index (κ2) is 7.40. The summed E-state index contributed by atoms with van der Waals surface area (Å²) in [7, 11) is 1.68. The summed E-state index contributed by atoms with van der Waals surface area (Å²) in [5.41, 5.74) is 2.07. The van der Waals surface area contributed by atoms with Crippen LogP contribution in [-0.4, -0.2) is 41.8 Å². The van der Waals surface area contributed by atoms with Gasteiger partial charge in [-0.15, -0.1) is 0 Å². The molecule has 8 heteroatoms. The molecule has 2 N–H and O–H groups in total. The molecule has 1 aliphatic rings. The first-order valence-electron chi connectivity index (χ1n) is 9.15. The van der Waals surface area contributed by atoms with E-state index in [9.17, 15) is 9.90 Å². The van der Waals surface area contributed by atoms with E-state index < -0.39 is 0 Å². The summed E-state index contributed by atoms with van der Waals surface area (Å²) in [6, 6.07) is 2.02. The van der Waals surface area contributed by atoms with Crippen LogP contribution in [0.15, 0.2) is 35.8 Å². The van der Waals surface area contributed by atoms with Crippen molar-refractivity contribution in [3.8, 4) is 0 Å². The summed E-state index contributed by atoms with van der Waals surface area (Å²) in [6.07, 6.45) is 10.00. The van der Waals surface area contributed by atoms with E-state index in [1.165, 1.54) is 10.9 Å². The first-order chi connectivity index (χ1) is 13.1. The van der Waals surface area contributed by atoms with Crippen LogP contribution in [0, 0.1) is 0 Å². The summed E-state index contributed by atoms with van der Waals surface area (Å²) < 4.78 is 1.46. The number of nitrogens with zero attached hydrogens (tertiary/aromatic N) is 5. The number of rotatable bonds is 4. The van der Waals surface area contributed by atoms with Crippen LogP contribution in [0.25, 0.3) is 10.9 Å². The van der Waals surface area contributed by atoms with Gasteiger partial charge in [-0.05, 0) is 31.7 Å². The van der Waals surface area contributed by atoms with Crippen molar-refractivity contribution >= 4 is 16.7 Å². The lowest BCUT2D eigenvalue weighted by Crippen LogP contribution is -2.29. The average molecular weight is 366 g/mol. The maximum absolute atomic E-state index is 12.7. The summed E-state index contributed by atoms with van der Waals surface area (Å²) in [6.45, 7) is 0. The maximum Gasteiger partial charge on any atom is 0.264 e. The van der Waals surface area contributed by atoms with Crippen LogP contribution in [0.3, 0.4) is 0 Å². The number of anilines is 1. The quantitative estimate of drug-likeness (QED) is 0.719. The molecule has 1 aliphatic carbocycles. The zero-order chi connectivity index (χ0) is 18.8. The van der Waals surface area contributed by atoms with E-state index in [-0.39, 0.29) is 17.7 Å². The Labute approximate surface area is 156 Å². The van der Waals surface area contributed by atoms with Crippen molar-refractivity contribution in [2.45, 2.75) is 44.2 Å². The lowest BCUT2D eigenvalue weighted by molar-refractivity contribution is 0.126. The predicted molar refractivity (Wildman–Crippen MR) is 102 cm³/mol. The number of aliphatic hydroxyl groups excluding tert-OH is 1. The van der Waals surface area contributed by atoms with Crippen LogP contribution in [0.4, 0.5) is 5.82 Å². The number of nitrogens with one attached hydrogen (secondary N) is 1. The smallest absolute Gasteiger partial charge is 0.264 e. The molecule has 27 heavy (non-hydrogen) atoms. The Balaban J connectivity index is 1.73. The largest absolute Gasteiger partial charge is 0.393 e. The Morgan fingerprint density at radius 3 is 2.74 bits per heavy atom. The van der Waals surface area contributed by atoms with Gasteiger partial charge >= 0.3 is 0 Å². The molecule has 140 valence electrons. The molecule has 1 saturated carbocycles. The van der Waals surface area contributed by atoms with Crippen molar-refractivity contribution in [3.63, 3.8) is 0 Å².